The average molecular weight is 306 g/mol. The van der Waals surface area contributed by atoms with E-state index in [1.165, 1.54) is 0 Å². The lowest BCUT2D eigenvalue weighted by molar-refractivity contribution is 0.311. The zero-order valence-electron chi connectivity index (χ0n) is 12.5. The molecular formula is C17H20ClNO2. The van der Waals surface area contributed by atoms with Crippen molar-refractivity contribution in [3.8, 4) is 11.5 Å². The van der Waals surface area contributed by atoms with Crippen molar-refractivity contribution in [3.63, 3.8) is 0 Å². The van der Waals surface area contributed by atoms with Crippen molar-refractivity contribution >= 4 is 17.3 Å². The molecule has 2 rings (SSSR count). The molecule has 112 valence electrons. The van der Waals surface area contributed by atoms with Gasteiger partial charge in [-0.25, -0.2) is 0 Å². The first-order valence-corrected chi connectivity index (χ1v) is 7.35. The van der Waals surface area contributed by atoms with Gasteiger partial charge in [0.05, 0.1) is 13.7 Å². The van der Waals surface area contributed by atoms with Crippen molar-refractivity contribution in [2.75, 3.05) is 19.0 Å². The Morgan fingerprint density at radius 2 is 1.90 bits per heavy atom. The number of benzene rings is 2. The monoisotopic (exact) mass is 305 g/mol. The van der Waals surface area contributed by atoms with Gasteiger partial charge in [-0.3, -0.25) is 0 Å². The Labute approximate surface area is 130 Å². The molecule has 0 aliphatic heterocycles. The van der Waals surface area contributed by atoms with Crippen LogP contribution in [-0.2, 0) is 0 Å². The molecule has 0 aliphatic rings. The largest absolute Gasteiger partial charge is 0.493 e. The van der Waals surface area contributed by atoms with E-state index in [9.17, 15) is 0 Å². The molecule has 4 heteroatoms. The predicted molar refractivity (Wildman–Crippen MR) is 87.7 cm³/mol. The summed E-state index contributed by atoms with van der Waals surface area (Å²) in [4.78, 5) is 0. The van der Waals surface area contributed by atoms with Crippen LogP contribution in [0.3, 0.4) is 0 Å². The van der Waals surface area contributed by atoms with Crippen LogP contribution < -0.4 is 14.8 Å². The normalized spacial score (nSPS) is 11.8. The smallest absolute Gasteiger partial charge is 0.162 e. The molecule has 0 fully saturated rings. The molecule has 0 bridgehead atoms. The fourth-order valence-corrected chi connectivity index (χ4v) is 2.49. The van der Waals surface area contributed by atoms with Gasteiger partial charge in [0.1, 0.15) is 0 Å². The first-order valence-electron chi connectivity index (χ1n) is 6.97. The molecule has 0 spiro atoms. The Balaban J connectivity index is 2.18. The van der Waals surface area contributed by atoms with Crippen LogP contribution in [0.4, 0.5) is 5.69 Å². The van der Waals surface area contributed by atoms with Crippen LogP contribution in [0.2, 0.25) is 5.02 Å². The highest BCUT2D eigenvalue weighted by molar-refractivity contribution is 6.31. The lowest BCUT2D eigenvalue weighted by atomic mass is 10.1. The van der Waals surface area contributed by atoms with Crippen LogP contribution in [0.1, 0.15) is 25.5 Å². The summed E-state index contributed by atoms with van der Waals surface area (Å²) in [5.41, 5.74) is 2.02. The Morgan fingerprint density at radius 1 is 1.14 bits per heavy atom. The van der Waals surface area contributed by atoms with Gasteiger partial charge in [0.25, 0.3) is 0 Å². The molecule has 0 saturated heterocycles. The van der Waals surface area contributed by atoms with Crippen molar-refractivity contribution in [3.05, 3.63) is 53.1 Å². The van der Waals surface area contributed by atoms with E-state index in [2.05, 4.69) is 12.2 Å². The lowest BCUT2D eigenvalue weighted by Crippen LogP contribution is -2.07. The Kier molecular flexibility index (Phi) is 5.34. The van der Waals surface area contributed by atoms with Gasteiger partial charge in [0, 0.05) is 22.8 Å². The standard InChI is InChI=1S/C17H20ClNO2/c1-4-21-16-10-9-13(11-17(16)20-3)19-12(2)14-7-5-6-8-15(14)18/h5-12,19H,4H2,1-3H3. The molecule has 1 N–H and O–H groups in total. The third kappa shape index (κ3) is 3.82. The number of methoxy groups -OCH3 is 1. The molecule has 0 saturated carbocycles. The van der Waals surface area contributed by atoms with Crippen LogP contribution in [0.5, 0.6) is 11.5 Å². The van der Waals surface area contributed by atoms with Gasteiger partial charge < -0.3 is 14.8 Å². The van der Waals surface area contributed by atoms with Gasteiger partial charge in [-0.05, 0) is 37.6 Å². The van der Waals surface area contributed by atoms with E-state index >= 15 is 0 Å². The zero-order chi connectivity index (χ0) is 15.2. The number of halogens is 1. The summed E-state index contributed by atoms with van der Waals surface area (Å²) in [5.74, 6) is 1.46. The van der Waals surface area contributed by atoms with Crippen LogP contribution in [0.25, 0.3) is 0 Å². The van der Waals surface area contributed by atoms with Crippen molar-refractivity contribution in [1.29, 1.82) is 0 Å². The van der Waals surface area contributed by atoms with Crippen LogP contribution >= 0.6 is 11.6 Å². The molecule has 0 amide bonds. The summed E-state index contributed by atoms with van der Waals surface area (Å²) >= 11 is 6.23. The van der Waals surface area contributed by atoms with Gasteiger partial charge >= 0.3 is 0 Å². The molecule has 21 heavy (non-hydrogen) atoms. The van der Waals surface area contributed by atoms with Gasteiger partial charge in [-0.2, -0.15) is 0 Å². The molecule has 0 heterocycles. The third-order valence-corrected chi connectivity index (χ3v) is 3.56. The summed E-state index contributed by atoms with van der Waals surface area (Å²) in [6.07, 6.45) is 0. The van der Waals surface area contributed by atoms with Crippen molar-refractivity contribution in [1.82, 2.24) is 0 Å². The van der Waals surface area contributed by atoms with E-state index in [0.717, 1.165) is 22.0 Å². The fraction of sp³-hybridized carbons (Fsp3) is 0.294. The highest BCUT2D eigenvalue weighted by atomic mass is 35.5. The maximum atomic E-state index is 6.23. The van der Waals surface area contributed by atoms with Crippen LogP contribution in [-0.4, -0.2) is 13.7 Å². The first-order chi connectivity index (χ1) is 10.2. The van der Waals surface area contributed by atoms with Crippen LogP contribution in [0.15, 0.2) is 42.5 Å². The second-order valence-corrected chi connectivity index (χ2v) is 5.09. The average Bonchev–Trinajstić information content (AvgIpc) is 2.49. The summed E-state index contributed by atoms with van der Waals surface area (Å²) in [7, 11) is 1.64. The minimum Gasteiger partial charge on any atom is -0.493 e. The molecule has 2 aromatic rings. The second kappa shape index (κ2) is 7.23. The molecule has 0 aromatic heterocycles. The quantitative estimate of drug-likeness (QED) is 0.821. The summed E-state index contributed by atoms with van der Waals surface area (Å²) in [6.45, 7) is 4.63. The SMILES string of the molecule is CCOc1ccc(NC(C)c2ccccc2Cl)cc1OC. The number of anilines is 1. The Hall–Kier alpha value is -1.87. The molecule has 1 atom stereocenters. The number of nitrogens with one attached hydrogen (secondary N) is 1. The highest BCUT2D eigenvalue weighted by Crippen LogP contribution is 2.32. The van der Waals surface area contributed by atoms with Crippen LogP contribution in [0, 0.1) is 0 Å². The van der Waals surface area contributed by atoms with Gasteiger partial charge in [0.15, 0.2) is 11.5 Å². The Morgan fingerprint density at radius 3 is 2.57 bits per heavy atom. The molecule has 2 aromatic carbocycles. The molecular weight excluding hydrogens is 286 g/mol. The highest BCUT2D eigenvalue weighted by Gasteiger charge is 2.11. The predicted octanol–water partition coefficient (Wildman–Crippen LogP) is 4.92. The number of hydrogen-bond acceptors (Lipinski definition) is 3. The maximum absolute atomic E-state index is 6.23. The minimum absolute atomic E-state index is 0.0985. The fourth-order valence-electron chi connectivity index (χ4n) is 2.19. The molecule has 1 unspecified atom stereocenters. The van der Waals surface area contributed by atoms with E-state index in [-0.39, 0.29) is 6.04 Å². The van der Waals surface area contributed by atoms with E-state index in [4.69, 9.17) is 21.1 Å². The van der Waals surface area contributed by atoms with E-state index in [0.29, 0.717) is 12.4 Å². The second-order valence-electron chi connectivity index (χ2n) is 4.69. The van der Waals surface area contributed by atoms with Crippen molar-refractivity contribution in [2.45, 2.75) is 19.9 Å². The lowest BCUT2D eigenvalue weighted by Gasteiger charge is -2.18. The number of ether oxygens (including phenoxy) is 2. The zero-order valence-corrected chi connectivity index (χ0v) is 13.3. The molecule has 3 nitrogen and oxygen atoms in total. The van der Waals surface area contributed by atoms with E-state index in [1.807, 2.05) is 49.4 Å². The number of rotatable bonds is 6. The number of hydrogen-bond donors (Lipinski definition) is 1. The topological polar surface area (TPSA) is 30.5 Å². The van der Waals surface area contributed by atoms with Gasteiger partial charge in [-0.1, -0.05) is 29.8 Å². The van der Waals surface area contributed by atoms with E-state index in [1.54, 1.807) is 7.11 Å². The molecule has 0 radical (unpaired) electrons. The molecule has 0 aliphatic carbocycles. The van der Waals surface area contributed by atoms with Gasteiger partial charge in [0.2, 0.25) is 0 Å². The minimum atomic E-state index is 0.0985. The van der Waals surface area contributed by atoms with Crippen molar-refractivity contribution in [2.24, 2.45) is 0 Å². The maximum Gasteiger partial charge on any atom is 0.162 e. The van der Waals surface area contributed by atoms with E-state index < -0.39 is 0 Å². The third-order valence-electron chi connectivity index (χ3n) is 3.22. The summed E-state index contributed by atoms with van der Waals surface area (Å²) in [6, 6.07) is 13.7. The summed E-state index contributed by atoms with van der Waals surface area (Å²) < 4.78 is 10.9. The summed E-state index contributed by atoms with van der Waals surface area (Å²) in [5, 5.41) is 4.18. The van der Waals surface area contributed by atoms with Crippen molar-refractivity contribution < 1.29 is 9.47 Å². The van der Waals surface area contributed by atoms with Gasteiger partial charge in [-0.15, -0.1) is 0 Å². The Bertz CT molecular complexity index is 601. The first kappa shape index (κ1) is 15.5.